The van der Waals surface area contributed by atoms with Gasteiger partial charge >= 0.3 is 0 Å². The van der Waals surface area contributed by atoms with E-state index in [1.165, 1.54) is 0 Å². The molecular weight excluding hydrogens is 376 g/mol. The average Bonchev–Trinajstić information content (AvgIpc) is 2.56. The van der Waals surface area contributed by atoms with E-state index in [-0.39, 0.29) is 6.04 Å². The lowest BCUT2D eigenvalue weighted by molar-refractivity contribution is 0.760. The Balaban J connectivity index is 2.30. The summed E-state index contributed by atoms with van der Waals surface area (Å²) >= 11 is 10.3. The van der Waals surface area contributed by atoms with Gasteiger partial charge in [-0.3, -0.25) is 0 Å². The highest BCUT2D eigenvalue weighted by molar-refractivity contribution is 9.10. The minimum atomic E-state index is 0.272. The molecule has 0 aliphatic carbocycles. The molecule has 0 amide bonds. The van der Waals surface area contributed by atoms with E-state index in [2.05, 4.69) is 50.0 Å². The molecule has 1 N–H and O–H groups in total. The van der Waals surface area contributed by atoms with Crippen molar-refractivity contribution in [2.45, 2.75) is 26.3 Å². The number of aromatic nitrogens is 3. The molecule has 0 saturated heterocycles. The van der Waals surface area contributed by atoms with Gasteiger partial charge in [-0.15, -0.1) is 0 Å². The van der Waals surface area contributed by atoms with E-state index in [0.29, 0.717) is 16.2 Å². The first kappa shape index (κ1) is 16.1. The molecule has 2 heterocycles. The molecule has 1 atom stereocenters. The maximum Gasteiger partial charge on any atom is 0.181 e. The molecule has 3 aromatic rings. The Hall–Kier alpha value is -1.72. The van der Waals surface area contributed by atoms with Crippen LogP contribution in [0.25, 0.3) is 22.3 Å². The third-order valence-electron chi connectivity index (χ3n) is 3.70. The standard InChI is InChI=1S/C17H16BrClN4/c1-3-10(2)22-16-13(11-6-4-5-7-12(11)18)14(19)15-17(23-16)21-9-8-20-15/h4-10H,3H2,1-2H3,(H,21,22,23). The van der Waals surface area contributed by atoms with Gasteiger partial charge in [-0.05, 0) is 19.4 Å². The Kier molecular flexibility index (Phi) is 4.78. The molecule has 3 rings (SSSR count). The Labute approximate surface area is 148 Å². The van der Waals surface area contributed by atoms with Gasteiger partial charge in [0.2, 0.25) is 0 Å². The number of hydrogen-bond donors (Lipinski definition) is 1. The summed E-state index contributed by atoms with van der Waals surface area (Å²) in [6.45, 7) is 4.23. The lowest BCUT2D eigenvalue weighted by Gasteiger charge is -2.18. The van der Waals surface area contributed by atoms with Crippen LogP contribution in [-0.4, -0.2) is 21.0 Å². The first-order valence-corrected chi connectivity index (χ1v) is 8.60. The molecule has 4 nitrogen and oxygen atoms in total. The van der Waals surface area contributed by atoms with Crippen LogP contribution in [0.3, 0.4) is 0 Å². The van der Waals surface area contributed by atoms with Crippen molar-refractivity contribution in [1.29, 1.82) is 0 Å². The molecule has 118 valence electrons. The summed E-state index contributed by atoms with van der Waals surface area (Å²) in [7, 11) is 0. The van der Waals surface area contributed by atoms with Crippen LogP contribution in [0.1, 0.15) is 20.3 Å². The van der Waals surface area contributed by atoms with Gasteiger partial charge in [-0.2, -0.15) is 0 Å². The van der Waals surface area contributed by atoms with E-state index >= 15 is 0 Å². The predicted molar refractivity (Wildman–Crippen MR) is 98.9 cm³/mol. The first-order valence-electron chi connectivity index (χ1n) is 7.43. The van der Waals surface area contributed by atoms with Gasteiger partial charge in [-0.1, -0.05) is 52.7 Å². The van der Waals surface area contributed by atoms with E-state index < -0.39 is 0 Å². The number of rotatable bonds is 4. The van der Waals surface area contributed by atoms with Crippen molar-refractivity contribution in [3.05, 3.63) is 46.2 Å². The first-order chi connectivity index (χ1) is 11.1. The smallest absolute Gasteiger partial charge is 0.181 e. The Bertz CT molecular complexity index is 853. The van der Waals surface area contributed by atoms with E-state index in [4.69, 9.17) is 11.6 Å². The third-order valence-corrected chi connectivity index (χ3v) is 4.76. The molecule has 23 heavy (non-hydrogen) atoms. The maximum atomic E-state index is 6.68. The Morgan fingerprint density at radius 3 is 2.70 bits per heavy atom. The van der Waals surface area contributed by atoms with Gasteiger partial charge in [0.25, 0.3) is 0 Å². The van der Waals surface area contributed by atoms with Crippen molar-refractivity contribution in [1.82, 2.24) is 15.0 Å². The third kappa shape index (κ3) is 3.16. The van der Waals surface area contributed by atoms with Crippen LogP contribution in [0, 0.1) is 0 Å². The number of pyridine rings is 1. The van der Waals surface area contributed by atoms with Crippen LogP contribution in [0.15, 0.2) is 41.1 Å². The van der Waals surface area contributed by atoms with Gasteiger partial charge in [0.15, 0.2) is 5.65 Å². The monoisotopic (exact) mass is 390 g/mol. The molecule has 1 unspecified atom stereocenters. The fourth-order valence-corrected chi connectivity index (χ4v) is 3.11. The number of fused-ring (bicyclic) bond motifs is 1. The quantitative estimate of drug-likeness (QED) is 0.654. The van der Waals surface area contributed by atoms with Crippen LogP contribution < -0.4 is 5.32 Å². The lowest BCUT2D eigenvalue weighted by atomic mass is 10.1. The molecule has 0 fully saturated rings. The highest BCUT2D eigenvalue weighted by Crippen LogP contribution is 2.40. The topological polar surface area (TPSA) is 50.7 Å². The summed E-state index contributed by atoms with van der Waals surface area (Å²) in [4.78, 5) is 13.3. The molecule has 0 bridgehead atoms. The van der Waals surface area contributed by atoms with Crippen LogP contribution in [0.2, 0.25) is 5.02 Å². The Morgan fingerprint density at radius 2 is 1.96 bits per heavy atom. The molecule has 1 aromatic carbocycles. The van der Waals surface area contributed by atoms with Gasteiger partial charge in [-0.25, -0.2) is 15.0 Å². The number of halogens is 2. The lowest BCUT2D eigenvalue weighted by Crippen LogP contribution is -2.16. The summed E-state index contributed by atoms with van der Waals surface area (Å²) < 4.78 is 0.958. The SMILES string of the molecule is CCC(C)Nc1nc2nccnc2c(Cl)c1-c1ccccc1Br. The molecule has 0 radical (unpaired) electrons. The zero-order valence-electron chi connectivity index (χ0n) is 12.8. The average molecular weight is 392 g/mol. The zero-order chi connectivity index (χ0) is 16.4. The predicted octanol–water partition coefficient (Wildman–Crippen LogP) is 5.32. The second-order valence-corrected chi connectivity index (χ2v) is 6.54. The fourth-order valence-electron chi connectivity index (χ4n) is 2.30. The molecule has 2 aromatic heterocycles. The fraction of sp³-hybridized carbons (Fsp3) is 0.235. The van der Waals surface area contributed by atoms with Crippen molar-refractivity contribution >= 4 is 44.5 Å². The molecule has 0 spiro atoms. The van der Waals surface area contributed by atoms with Crippen LogP contribution in [-0.2, 0) is 0 Å². The minimum Gasteiger partial charge on any atom is -0.367 e. The minimum absolute atomic E-state index is 0.272. The van der Waals surface area contributed by atoms with Crippen molar-refractivity contribution < 1.29 is 0 Å². The highest BCUT2D eigenvalue weighted by Gasteiger charge is 2.19. The zero-order valence-corrected chi connectivity index (χ0v) is 15.2. The summed E-state index contributed by atoms with van der Waals surface area (Å²) in [5.74, 6) is 0.726. The van der Waals surface area contributed by atoms with Gasteiger partial charge in [0, 0.05) is 34.0 Å². The van der Waals surface area contributed by atoms with E-state index in [9.17, 15) is 0 Å². The molecule has 6 heteroatoms. The number of anilines is 1. The second-order valence-electron chi connectivity index (χ2n) is 5.31. The van der Waals surface area contributed by atoms with Gasteiger partial charge in [0.1, 0.15) is 11.3 Å². The Morgan fingerprint density at radius 1 is 1.22 bits per heavy atom. The van der Waals surface area contributed by atoms with Crippen molar-refractivity contribution in [2.75, 3.05) is 5.32 Å². The van der Waals surface area contributed by atoms with Crippen LogP contribution in [0.5, 0.6) is 0 Å². The van der Waals surface area contributed by atoms with E-state index in [0.717, 1.165) is 27.8 Å². The summed E-state index contributed by atoms with van der Waals surface area (Å²) in [5.41, 5.74) is 2.96. The second kappa shape index (κ2) is 6.81. The summed E-state index contributed by atoms with van der Waals surface area (Å²) in [5, 5.41) is 3.99. The maximum absolute atomic E-state index is 6.68. The highest BCUT2D eigenvalue weighted by atomic mass is 79.9. The van der Waals surface area contributed by atoms with Gasteiger partial charge < -0.3 is 5.32 Å². The summed E-state index contributed by atoms with van der Waals surface area (Å²) in [6, 6.07) is 8.22. The van der Waals surface area contributed by atoms with E-state index in [1.807, 2.05) is 24.3 Å². The largest absolute Gasteiger partial charge is 0.367 e. The van der Waals surface area contributed by atoms with Crippen molar-refractivity contribution in [3.8, 4) is 11.1 Å². The molecule has 0 aliphatic heterocycles. The number of nitrogens with zero attached hydrogens (tertiary/aromatic N) is 3. The number of hydrogen-bond acceptors (Lipinski definition) is 4. The number of benzene rings is 1. The summed E-state index contributed by atoms with van der Waals surface area (Å²) in [6.07, 6.45) is 4.23. The van der Waals surface area contributed by atoms with Crippen molar-refractivity contribution in [2.24, 2.45) is 0 Å². The molecular formula is C17H16BrClN4. The van der Waals surface area contributed by atoms with Crippen LogP contribution >= 0.6 is 27.5 Å². The van der Waals surface area contributed by atoms with E-state index in [1.54, 1.807) is 12.4 Å². The molecule has 0 saturated carbocycles. The van der Waals surface area contributed by atoms with Crippen LogP contribution in [0.4, 0.5) is 5.82 Å². The molecule has 0 aliphatic rings. The number of nitrogens with one attached hydrogen (secondary N) is 1. The normalized spacial score (nSPS) is 12.3. The van der Waals surface area contributed by atoms with Gasteiger partial charge in [0.05, 0.1) is 5.02 Å². The van der Waals surface area contributed by atoms with Crippen molar-refractivity contribution in [3.63, 3.8) is 0 Å².